The number of aromatic nitrogens is 3. The number of alkyl halides is 3. The van der Waals surface area contributed by atoms with Crippen LogP contribution in [0.3, 0.4) is 0 Å². The number of carbonyl (C=O) groups excluding carboxylic acids is 2. The number of benzene rings is 3. The summed E-state index contributed by atoms with van der Waals surface area (Å²) in [5.74, 6) is 0.00700. The predicted octanol–water partition coefficient (Wildman–Crippen LogP) is 6.78. The Bertz CT molecular complexity index is 1580. The molecule has 1 aliphatic carbocycles. The quantitative estimate of drug-likeness (QED) is 0.249. The van der Waals surface area contributed by atoms with Crippen molar-refractivity contribution in [2.24, 2.45) is 0 Å². The van der Waals surface area contributed by atoms with Crippen molar-refractivity contribution >= 4 is 17.9 Å². The van der Waals surface area contributed by atoms with E-state index in [1.54, 1.807) is 19.1 Å². The van der Waals surface area contributed by atoms with E-state index in [2.05, 4.69) is 15.6 Å². The molecule has 0 spiro atoms. The zero-order valence-corrected chi connectivity index (χ0v) is 22.5. The maximum atomic E-state index is 13.4. The topological polar surface area (TPSA) is 95.3 Å². The lowest BCUT2D eigenvalue weighted by molar-refractivity contribution is -0.143. The highest BCUT2D eigenvalue weighted by Gasteiger charge is 2.52. The average molecular weight is 565 g/mol. The number of hydrogen-bond donors (Lipinski definition) is 1. The summed E-state index contributed by atoms with van der Waals surface area (Å²) in [7, 11) is 1.40. The van der Waals surface area contributed by atoms with E-state index in [1.807, 2.05) is 36.4 Å². The number of halogens is 3. The van der Waals surface area contributed by atoms with Crippen molar-refractivity contribution in [1.29, 1.82) is 0 Å². The van der Waals surface area contributed by atoms with Gasteiger partial charge in [0.2, 0.25) is 0 Å². The number of ether oxygens (including phenoxy) is 2. The molecule has 8 nitrogen and oxygen atoms in total. The molecule has 11 heteroatoms. The van der Waals surface area contributed by atoms with Crippen molar-refractivity contribution in [2.75, 3.05) is 12.4 Å². The van der Waals surface area contributed by atoms with Gasteiger partial charge < -0.3 is 9.47 Å². The number of methoxy groups -OCH3 is 1. The van der Waals surface area contributed by atoms with Crippen LogP contribution in [0.1, 0.15) is 48.3 Å². The summed E-state index contributed by atoms with van der Waals surface area (Å²) in [6, 6.07) is 20.1. The van der Waals surface area contributed by atoms with Gasteiger partial charge in [0.15, 0.2) is 5.82 Å². The first-order valence-electron chi connectivity index (χ1n) is 12.9. The van der Waals surface area contributed by atoms with Crippen molar-refractivity contribution in [2.45, 2.75) is 44.4 Å². The fraction of sp³-hybridized carbons (Fsp3) is 0.267. The van der Waals surface area contributed by atoms with Gasteiger partial charge >= 0.3 is 18.2 Å². The third-order valence-corrected chi connectivity index (χ3v) is 7.26. The number of rotatable bonds is 7. The molecule has 1 N–H and O–H groups in total. The first kappa shape index (κ1) is 27.9. The van der Waals surface area contributed by atoms with Crippen LogP contribution in [-0.4, -0.2) is 34.2 Å². The van der Waals surface area contributed by atoms with Gasteiger partial charge in [0.1, 0.15) is 11.8 Å². The van der Waals surface area contributed by atoms with Crippen LogP contribution in [0.15, 0.2) is 72.8 Å². The van der Waals surface area contributed by atoms with Crippen LogP contribution in [0.5, 0.6) is 0 Å². The zero-order chi connectivity index (χ0) is 29.4. The van der Waals surface area contributed by atoms with E-state index < -0.39 is 29.4 Å². The number of anilines is 1. The van der Waals surface area contributed by atoms with Crippen LogP contribution >= 0.6 is 0 Å². The molecule has 212 valence electrons. The molecule has 1 atom stereocenters. The van der Waals surface area contributed by atoms with Gasteiger partial charge in [-0.25, -0.2) is 4.79 Å². The number of esters is 1. The molecule has 0 unspecified atom stereocenters. The second kappa shape index (κ2) is 10.7. The van der Waals surface area contributed by atoms with Crippen molar-refractivity contribution < 1.29 is 32.2 Å². The monoisotopic (exact) mass is 564 g/mol. The first-order chi connectivity index (χ1) is 19.5. The van der Waals surface area contributed by atoms with Gasteiger partial charge in [0, 0.05) is 5.56 Å². The average Bonchev–Trinajstić information content (AvgIpc) is 3.71. The molecule has 1 saturated carbocycles. The van der Waals surface area contributed by atoms with Gasteiger partial charge in [-0.3, -0.25) is 10.1 Å². The summed E-state index contributed by atoms with van der Waals surface area (Å²) in [6.45, 7) is 3.01. The molecule has 1 amide bonds. The highest BCUT2D eigenvalue weighted by molar-refractivity contribution is 5.87. The summed E-state index contributed by atoms with van der Waals surface area (Å²) in [5, 5.41) is 10.7. The molecule has 1 fully saturated rings. The maximum absolute atomic E-state index is 13.4. The van der Waals surface area contributed by atoms with E-state index >= 15 is 0 Å². The normalized spacial score (nSPS) is 14.7. The molecule has 0 bridgehead atoms. The minimum absolute atomic E-state index is 0.153. The number of aryl methyl sites for hydroxylation is 1. The molecule has 3 aromatic carbocycles. The molecule has 1 aromatic heterocycles. The Hall–Kier alpha value is -4.67. The van der Waals surface area contributed by atoms with Gasteiger partial charge in [-0.1, -0.05) is 59.8 Å². The Morgan fingerprint density at radius 1 is 0.976 bits per heavy atom. The number of nitrogens with one attached hydrogen (secondary N) is 1. The summed E-state index contributed by atoms with van der Waals surface area (Å²) in [4.78, 5) is 24.9. The van der Waals surface area contributed by atoms with Gasteiger partial charge in [0.25, 0.3) is 0 Å². The number of hydrogen-bond acceptors (Lipinski definition) is 6. The molecule has 1 aliphatic rings. The molecular formula is C30H27F3N4O4. The molecular weight excluding hydrogens is 537 g/mol. The van der Waals surface area contributed by atoms with E-state index in [1.165, 1.54) is 36.9 Å². The van der Waals surface area contributed by atoms with Crippen LogP contribution < -0.4 is 5.32 Å². The van der Waals surface area contributed by atoms with Crippen molar-refractivity contribution in [3.63, 3.8) is 0 Å². The van der Waals surface area contributed by atoms with Crippen LogP contribution in [0.4, 0.5) is 23.8 Å². The molecule has 0 saturated heterocycles. The highest BCUT2D eigenvalue weighted by Crippen LogP contribution is 2.49. The van der Waals surface area contributed by atoms with Crippen molar-refractivity contribution in [1.82, 2.24) is 15.0 Å². The van der Waals surface area contributed by atoms with Gasteiger partial charge in [-0.15, -0.1) is 5.10 Å². The summed E-state index contributed by atoms with van der Waals surface area (Å²) in [6.07, 6.45) is -5.15. The standard InChI is InChI=1S/C30H27F3N4O4/c1-18-26(34-28(39)41-19(2)24-6-4-5-7-25(24)30(31,32)33)37(36-35-18)23-14-10-21(11-15-23)20-8-12-22(13-9-20)29(16-17-29)27(38)40-3/h4-15,19H,16-17H2,1-3H3,(H,34,39)/t19-/m1/s1. The highest BCUT2D eigenvalue weighted by atomic mass is 19.4. The van der Waals surface area contributed by atoms with Gasteiger partial charge in [0.05, 0.1) is 23.8 Å². The Labute approximate surface area is 234 Å². The van der Waals surface area contributed by atoms with Gasteiger partial charge in [-0.05, 0) is 61.6 Å². The Morgan fingerprint density at radius 3 is 2.17 bits per heavy atom. The van der Waals surface area contributed by atoms with Crippen LogP contribution in [0.25, 0.3) is 16.8 Å². The number of amides is 1. The second-order valence-electron chi connectivity index (χ2n) is 9.89. The van der Waals surface area contributed by atoms with Crippen molar-refractivity contribution in [3.05, 3.63) is 95.2 Å². The van der Waals surface area contributed by atoms with E-state index in [0.717, 1.165) is 35.6 Å². The molecule has 0 aliphatic heterocycles. The molecule has 41 heavy (non-hydrogen) atoms. The lowest BCUT2D eigenvalue weighted by Gasteiger charge is -2.19. The first-order valence-corrected chi connectivity index (χ1v) is 12.9. The minimum Gasteiger partial charge on any atom is -0.468 e. The van der Waals surface area contributed by atoms with E-state index in [0.29, 0.717) is 11.4 Å². The third kappa shape index (κ3) is 5.52. The second-order valence-corrected chi connectivity index (χ2v) is 9.89. The molecule has 1 heterocycles. The SMILES string of the molecule is COC(=O)C1(c2ccc(-c3ccc(-n4nnc(C)c4NC(=O)O[C@H](C)c4ccccc4C(F)(F)F)cc3)cc2)CC1. The largest absolute Gasteiger partial charge is 0.468 e. The molecule has 5 rings (SSSR count). The number of carbonyl (C=O) groups is 2. The summed E-state index contributed by atoms with van der Waals surface area (Å²) < 4.78 is 51.8. The fourth-order valence-corrected chi connectivity index (χ4v) is 4.85. The predicted molar refractivity (Wildman–Crippen MR) is 144 cm³/mol. The fourth-order valence-electron chi connectivity index (χ4n) is 4.85. The van der Waals surface area contributed by atoms with E-state index in [4.69, 9.17) is 9.47 Å². The summed E-state index contributed by atoms with van der Waals surface area (Å²) >= 11 is 0. The Morgan fingerprint density at radius 2 is 1.59 bits per heavy atom. The minimum atomic E-state index is -4.58. The maximum Gasteiger partial charge on any atom is 0.416 e. The van der Waals surface area contributed by atoms with Crippen LogP contribution in [0.2, 0.25) is 0 Å². The van der Waals surface area contributed by atoms with E-state index in [-0.39, 0.29) is 17.4 Å². The molecule has 4 aromatic rings. The Balaban J connectivity index is 1.30. The molecule has 0 radical (unpaired) electrons. The Kier molecular flexibility index (Phi) is 7.29. The number of nitrogens with zero attached hydrogens (tertiary/aromatic N) is 3. The smallest absolute Gasteiger partial charge is 0.416 e. The van der Waals surface area contributed by atoms with Gasteiger partial charge in [-0.2, -0.15) is 17.9 Å². The van der Waals surface area contributed by atoms with Crippen LogP contribution in [0, 0.1) is 6.92 Å². The van der Waals surface area contributed by atoms with Crippen molar-refractivity contribution in [3.8, 4) is 16.8 Å². The zero-order valence-electron chi connectivity index (χ0n) is 22.5. The third-order valence-electron chi connectivity index (χ3n) is 7.26. The lowest BCUT2D eigenvalue weighted by atomic mass is 9.94. The van der Waals surface area contributed by atoms with Crippen LogP contribution in [-0.2, 0) is 25.9 Å². The summed E-state index contributed by atoms with van der Waals surface area (Å²) in [5.41, 5.74) is 2.24. The van der Waals surface area contributed by atoms with E-state index in [9.17, 15) is 22.8 Å². The lowest BCUT2D eigenvalue weighted by Crippen LogP contribution is -2.21.